The zero-order chi connectivity index (χ0) is 14.8. The summed E-state index contributed by atoms with van der Waals surface area (Å²) < 4.78 is 6.02. The van der Waals surface area contributed by atoms with Gasteiger partial charge in [-0.2, -0.15) is 0 Å². The molecule has 1 unspecified atom stereocenters. The largest absolute Gasteiger partial charge is 0.376 e. The molecule has 3 nitrogen and oxygen atoms in total. The first kappa shape index (κ1) is 15.5. The van der Waals surface area contributed by atoms with E-state index in [9.17, 15) is 0 Å². The molecule has 1 aliphatic carbocycles. The second-order valence-electron chi connectivity index (χ2n) is 6.89. The Labute approximate surface area is 123 Å². The minimum atomic E-state index is -0.110. The Kier molecular flexibility index (Phi) is 4.50. The molecule has 0 amide bonds. The lowest BCUT2D eigenvalue weighted by Gasteiger charge is -2.47. The molecule has 0 bridgehead atoms. The summed E-state index contributed by atoms with van der Waals surface area (Å²) in [5.41, 5.74) is 2.60. The highest BCUT2D eigenvalue weighted by Gasteiger charge is 2.44. The van der Waals surface area contributed by atoms with Gasteiger partial charge in [-0.05, 0) is 56.7 Å². The fourth-order valence-electron chi connectivity index (χ4n) is 3.34. The number of nitrogens with one attached hydrogen (secondary N) is 1. The van der Waals surface area contributed by atoms with Crippen LogP contribution in [-0.2, 0) is 4.74 Å². The third-order valence-corrected chi connectivity index (χ3v) is 4.94. The summed E-state index contributed by atoms with van der Waals surface area (Å²) in [5, 5.41) is 3.46. The monoisotopic (exact) mass is 276 g/mol. The third kappa shape index (κ3) is 3.04. The van der Waals surface area contributed by atoms with Gasteiger partial charge in [0.2, 0.25) is 0 Å². The van der Waals surface area contributed by atoms with E-state index in [-0.39, 0.29) is 11.6 Å². The average molecular weight is 276 g/mol. The Balaban J connectivity index is 2.26. The number of aromatic nitrogens is 1. The highest BCUT2D eigenvalue weighted by atomic mass is 16.5. The van der Waals surface area contributed by atoms with Crippen molar-refractivity contribution in [2.75, 3.05) is 14.2 Å². The van der Waals surface area contributed by atoms with Gasteiger partial charge in [-0.25, -0.2) is 0 Å². The molecule has 0 saturated heterocycles. The van der Waals surface area contributed by atoms with E-state index in [1.807, 2.05) is 27.3 Å². The summed E-state index contributed by atoms with van der Waals surface area (Å²) in [6.07, 6.45) is 6.58. The first-order valence-electron chi connectivity index (χ1n) is 7.57. The number of ether oxygens (including phenoxy) is 1. The molecule has 1 N–H and O–H groups in total. The zero-order valence-electron chi connectivity index (χ0n) is 13.5. The molecule has 1 aliphatic rings. The fourth-order valence-corrected chi connectivity index (χ4v) is 3.34. The van der Waals surface area contributed by atoms with Crippen molar-refractivity contribution in [1.82, 2.24) is 10.3 Å². The number of likely N-dealkylation sites (N-methyl/N-ethyl adjacent to an activating group) is 1. The van der Waals surface area contributed by atoms with E-state index in [1.54, 1.807) is 0 Å². The average Bonchev–Trinajstić information content (AvgIpc) is 2.44. The molecular weight excluding hydrogens is 248 g/mol. The van der Waals surface area contributed by atoms with E-state index < -0.39 is 0 Å². The van der Waals surface area contributed by atoms with Crippen molar-refractivity contribution in [2.45, 2.75) is 58.1 Å². The van der Waals surface area contributed by atoms with Crippen molar-refractivity contribution in [3.05, 3.63) is 29.6 Å². The summed E-state index contributed by atoms with van der Waals surface area (Å²) in [6.45, 7) is 6.73. The topological polar surface area (TPSA) is 34.2 Å². The number of rotatable bonds is 4. The van der Waals surface area contributed by atoms with Crippen LogP contribution in [0, 0.1) is 12.3 Å². The number of nitrogens with zero attached hydrogens (tertiary/aromatic N) is 1. The molecule has 0 radical (unpaired) electrons. The Bertz CT molecular complexity index is 429. The van der Waals surface area contributed by atoms with Crippen LogP contribution < -0.4 is 5.32 Å². The van der Waals surface area contributed by atoms with Crippen LogP contribution in [0.5, 0.6) is 0 Å². The zero-order valence-corrected chi connectivity index (χ0v) is 13.5. The van der Waals surface area contributed by atoms with E-state index in [0.717, 1.165) is 18.5 Å². The Hall–Kier alpha value is -0.930. The Morgan fingerprint density at radius 2 is 1.85 bits per heavy atom. The van der Waals surface area contributed by atoms with Crippen LogP contribution in [0.2, 0.25) is 0 Å². The molecule has 1 heterocycles. The summed E-state index contributed by atoms with van der Waals surface area (Å²) in [6, 6.07) is 4.46. The molecule has 1 atom stereocenters. The third-order valence-electron chi connectivity index (χ3n) is 4.94. The Morgan fingerprint density at radius 3 is 2.30 bits per heavy atom. The van der Waals surface area contributed by atoms with Gasteiger partial charge in [-0.1, -0.05) is 19.9 Å². The molecule has 0 aromatic carbocycles. The van der Waals surface area contributed by atoms with Crippen molar-refractivity contribution in [1.29, 1.82) is 0 Å². The van der Waals surface area contributed by atoms with Crippen LogP contribution in [0.25, 0.3) is 0 Å². The molecule has 0 aliphatic heterocycles. The van der Waals surface area contributed by atoms with E-state index in [2.05, 4.69) is 36.3 Å². The maximum absolute atomic E-state index is 6.02. The van der Waals surface area contributed by atoms with E-state index in [4.69, 9.17) is 4.74 Å². The quantitative estimate of drug-likeness (QED) is 0.911. The van der Waals surface area contributed by atoms with Crippen LogP contribution in [0.15, 0.2) is 18.3 Å². The maximum Gasteiger partial charge on any atom is 0.0873 e. The lowest BCUT2D eigenvalue weighted by Crippen LogP contribution is -2.48. The molecule has 3 heteroatoms. The molecule has 1 saturated carbocycles. The Morgan fingerprint density at radius 1 is 1.20 bits per heavy atom. The maximum atomic E-state index is 6.02. The molecule has 0 spiro atoms. The summed E-state index contributed by atoms with van der Waals surface area (Å²) in [7, 11) is 3.87. The summed E-state index contributed by atoms with van der Waals surface area (Å²) in [5.74, 6) is 0. The van der Waals surface area contributed by atoms with Gasteiger partial charge in [-0.15, -0.1) is 0 Å². The minimum Gasteiger partial charge on any atom is -0.376 e. The van der Waals surface area contributed by atoms with Crippen molar-refractivity contribution < 1.29 is 4.74 Å². The van der Waals surface area contributed by atoms with Gasteiger partial charge in [0.05, 0.1) is 11.6 Å². The van der Waals surface area contributed by atoms with Gasteiger partial charge in [0.1, 0.15) is 0 Å². The fraction of sp³-hybridized carbons (Fsp3) is 0.706. The standard InChI is InChI=1S/C17H28N2O/c1-13-6-7-14(12-19-13)15(18-4)17(20-5)10-8-16(2,3)9-11-17/h6-7,12,15,18H,8-11H2,1-5H3. The van der Waals surface area contributed by atoms with Gasteiger partial charge >= 0.3 is 0 Å². The number of methoxy groups -OCH3 is 1. The molecule has 2 rings (SSSR count). The molecule has 20 heavy (non-hydrogen) atoms. The van der Waals surface area contributed by atoms with Crippen LogP contribution in [0.1, 0.15) is 56.8 Å². The van der Waals surface area contributed by atoms with Gasteiger partial charge < -0.3 is 10.1 Å². The van der Waals surface area contributed by atoms with Crippen LogP contribution in [0.3, 0.4) is 0 Å². The molecule has 1 aromatic heterocycles. The highest BCUT2D eigenvalue weighted by Crippen LogP contribution is 2.47. The number of aryl methyl sites for hydroxylation is 1. The van der Waals surface area contributed by atoms with Gasteiger partial charge in [0.15, 0.2) is 0 Å². The second-order valence-corrected chi connectivity index (χ2v) is 6.89. The SMILES string of the molecule is CNC(c1ccc(C)nc1)C1(OC)CCC(C)(C)CC1. The number of hydrogen-bond acceptors (Lipinski definition) is 3. The minimum absolute atomic E-state index is 0.110. The number of pyridine rings is 1. The predicted octanol–water partition coefficient (Wildman–Crippen LogP) is 3.64. The van der Waals surface area contributed by atoms with Crippen molar-refractivity contribution in [2.24, 2.45) is 5.41 Å². The van der Waals surface area contributed by atoms with E-state index >= 15 is 0 Å². The number of hydrogen-bond donors (Lipinski definition) is 1. The van der Waals surface area contributed by atoms with Crippen molar-refractivity contribution in [3.8, 4) is 0 Å². The lowest BCUT2D eigenvalue weighted by molar-refractivity contribution is -0.0862. The van der Waals surface area contributed by atoms with Gasteiger partial charge in [-0.3, -0.25) is 4.98 Å². The summed E-state index contributed by atoms with van der Waals surface area (Å²) in [4.78, 5) is 4.44. The van der Waals surface area contributed by atoms with Crippen LogP contribution in [-0.4, -0.2) is 24.7 Å². The normalized spacial score (nSPS) is 22.4. The molecule has 1 fully saturated rings. The van der Waals surface area contributed by atoms with Crippen molar-refractivity contribution >= 4 is 0 Å². The van der Waals surface area contributed by atoms with Gasteiger partial charge in [0.25, 0.3) is 0 Å². The smallest absolute Gasteiger partial charge is 0.0873 e. The predicted molar refractivity (Wildman–Crippen MR) is 82.8 cm³/mol. The van der Waals surface area contributed by atoms with Crippen molar-refractivity contribution in [3.63, 3.8) is 0 Å². The first-order chi connectivity index (χ1) is 9.42. The van der Waals surface area contributed by atoms with Crippen LogP contribution >= 0.6 is 0 Å². The van der Waals surface area contributed by atoms with Gasteiger partial charge in [0, 0.05) is 19.0 Å². The summed E-state index contributed by atoms with van der Waals surface area (Å²) >= 11 is 0. The lowest BCUT2D eigenvalue weighted by atomic mass is 9.67. The molecule has 1 aromatic rings. The highest BCUT2D eigenvalue weighted by molar-refractivity contribution is 5.21. The van der Waals surface area contributed by atoms with E-state index in [1.165, 1.54) is 18.4 Å². The molecular formula is C17H28N2O. The van der Waals surface area contributed by atoms with E-state index in [0.29, 0.717) is 5.41 Å². The molecule has 112 valence electrons. The second kappa shape index (κ2) is 5.82. The first-order valence-corrected chi connectivity index (χ1v) is 7.57. The van der Waals surface area contributed by atoms with Crippen LogP contribution in [0.4, 0.5) is 0 Å².